The van der Waals surface area contributed by atoms with E-state index in [4.69, 9.17) is 29.5 Å². The van der Waals surface area contributed by atoms with Crippen molar-refractivity contribution in [2.45, 2.75) is 51.3 Å². The van der Waals surface area contributed by atoms with Crippen LogP contribution in [-0.4, -0.2) is 89.9 Å². The van der Waals surface area contributed by atoms with Gasteiger partial charge in [0.05, 0.1) is 13.2 Å². The van der Waals surface area contributed by atoms with E-state index in [-0.39, 0.29) is 42.1 Å². The van der Waals surface area contributed by atoms with Crippen LogP contribution in [0.5, 0.6) is 0 Å². The van der Waals surface area contributed by atoms with Crippen LogP contribution >= 0.6 is 23.1 Å². The maximum absolute atomic E-state index is 13.2. The van der Waals surface area contributed by atoms with Crippen molar-refractivity contribution < 1.29 is 43.0 Å². The van der Waals surface area contributed by atoms with Crippen molar-refractivity contribution in [3.8, 4) is 0 Å². The fourth-order valence-electron chi connectivity index (χ4n) is 3.60. The van der Waals surface area contributed by atoms with Gasteiger partial charge < -0.3 is 34.8 Å². The molecule has 0 aromatic carbocycles. The number of nitrogens with two attached hydrogens (primary N) is 1. The smallest absolute Gasteiger partial charge is 0.434 e. The van der Waals surface area contributed by atoms with Crippen LogP contribution in [0.3, 0.4) is 0 Å². The van der Waals surface area contributed by atoms with Crippen LogP contribution in [0.2, 0.25) is 0 Å². The van der Waals surface area contributed by atoms with Crippen molar-refractivity contribution in [1.29, 1.82) is 0 Å². The van der Waals surface area contributed by atoms with Crippen LogP contribution in [0.4, 0.5) is 9.93 Å². The molecule has 1 fully saturated rings. The summed E-state index contributed by atoms with van der Waals surface area (Å²) in [5.74, 6) is -1.78. The fraction of sp³-hybridized carbons (Fsp3) is 0.565. The molecule has 3 heterocycles. The predicted molar refractivity (Wildman–Crippen MR) is 142 cm³/mol. The number of carbonyl (C=O) groups is 4. The quantitative estimate of drug-likeness (QED) is 0.0853. The number of hydrogen-bond donors (Lipinski definition) is 2. The van der Waals surface area contributed by atoms with E-state index in [1.165, 1.54) is 30.7 Å². The number of β-lactam (4-membered cyclic amide) rings is 1. The number of nitrogen functional groups attached to an aromatic ring is 1. The van der Waals surface area contributed by atoms with Gasteiger partial charge >= 0.3 is 12.1 Å². The zero-order valence-electron chi connectivity index (χ0n) is 22.0. The van der Waals surface area contributed by atoms with Gasteiger partial charge in [-0.1, -0.05) is 18.5 Å². The second-order valence-corrected chi connectivity index (χ2v) is 10.2. The van der Waals surface area contributed by atoms with Crippen LogP contribution in [0.15, 0.2) is 21.8 Å². The van der Waals surface area contributed by atoms with Gasteiger partial charge in [0.2, 0.25) is 6.29 Å². The van der Waals surface area contributed by atoms with E-state index >= 15 is 0 Å². The Labute approximate surface area is 233 Å². The second kappa shape index (κ2) is 14.1. The number of esters is 1. The number of thioether (sulfide) groups is 1. The molecule has 0 spiro atoms. The third-order valence-corrected chi connectivity index (χ3v) is 7.38. The molecule has 2 aliphatic rings. The minimum Gasteiger partial charge on any atom is -0.434 e. The number of aromatic nitrogens is 1. The first-order valence-corrected chi connectivity index (χ1v) is 14.1. The molecular weight excluding hydrogens is 554 g/mol. The highest BCUT2D eigenvalue weighted by Gasteiger charge is 2.55. The Kier molecular flexibility index (Phi) is 10.9. The van der Waals surface area contributed by atoms with Crippen LogP contribution in [0.1, 0.15) is 39.3 Å². The predicted octanol–water partition coefficient (Wildman–Crippen LogP) is 1.61. The number of anilines is 1. The molecule has 0 bridgehead atoms. The average Bonchev–Trinajstić information content (AvgIpc) is 3.33. The molecule has 0 aliphatic carbocycles. The van der Waals surface area contributed by atoms with Gasteiger partial charge in [0.1, 0.15) is 29.4 Å². The molecule has 0 saturated carbocycles. The van der Waals surface area contributed by atoms with Gasteiger partial charge in [-0.2, -0.15) is 0 Å². The Balaban J connectivity index is 1.71. The van der Waals surface area contributed by atoms with Crippen molar-refractivity contribution in [3.05, 3.63) is 22.3 Å². The van der Waals surface area contributed by atoms with E-state index in [9.17, 15) is 19.2 Å². The summed E-state index contributed by atoms with van der Waals surface area (Å²) in [5.41, 5.74) is 6.24. The molecule has 16 heteroatoms. The van der Waals surface area contributed by atoms with Crippen molar-refractivity contribution in [2.24, 2.45) is 5.16 Å². The van der Waals surface area contributed by atoms with Crippen LogP contribution in [0.25, 0.3) is 0 Å². The van der Waals surface area contributed by atoms with E-state index in [1.54, 1.807) is 12.3 Å². The molecule has 2 unspecified atom stereocenters. The monoisotopic (exact) mass is 585 g/mol. The zero-order valence-corrected chi connectivity index (χ0v) is 23.6. The zero-order chi connectivity index (χ0) is 28.5. The summed E-state index contributed by atoms with van der Waals surface area (Å²) in [6, 6.07) is -0.959. The molecule has 1 aromatic rings. The number of nitrogens with one attached hydrogen (secondary N) is 1. The highest BCUT2D eigenvalue weighted by Crippen LogP contribution is 2.41. The molecule has 2 aliphatic heterocycles. The van der Waals surface area contributed by atoms with Crippen molar-refractivity contribution in [3.63, 3.8) is 0 Å². The Morgan fingerprint density at radius 1 is 1.31 bits per heavy atom. The van der Waals surface area contributed by atoms with Gasteiger partial charge in [-0.15, -0.1) is 23.1 Å². The highest BCUT2D eigenvalue weighted by molar-refractivity contribution is 8.00. The van der Waals surface area contributed by atoms with Gasteiger partial charge in [-0.3, -0.25) is 14.5 Å². The number of amides is 2. The Morgan fingerprint density at radius 2 is 2.08 bits per heavy atom. The highest BCUT2D eigenvalue weighted by atomic mass is 32.2. The Morgan fingerprint density at radius 3 is 2.72 bits per heavy atom. The molecule has 214 valence electrons. The van der Waals surface area contributed by atoms with Crippen LogP contribution in [-0.2, 0) is 38.2 Å². The van der Waals surface area contributed by atoms with Gasteiger partial charge in [0, 0.05) is 25.2 Å². The number of carbonyl (C=O) groups excluding carboxylic acids is 4. The maximum Gasteiger partial charge on any atom is 0.511 e. The summed E-state index contributed by atoms with van der Waals surface area (Å²) in [6.45, 7) is 5.46. The van der Waals surface area contributed by atoms with Crippen LogP contribution in [0, 0.1) is 0 Å². The fourth-order valence-corrected chi connectivity index (χ4v) is 5.47. The topological polar surface area (TPSA) is 181 Å². The van der Waals surface area contributed by atoms with E-state index < -0.39 is 41.6 Å². The standard InChI is InChI=1S/C23H31N5O9S2/c1-5-7-8-34-23(32)37-12(3)36-21(31)17-13(9-33-4)10-38-20-16(19(30)28(17)20)26-18(29)15(27-35-6-2)14-11-39-22(24)25-14/h11-12,16,20H,5-10H2,1-4H3,(H2,24,25)(H,26,29)/t12?,16?,20-/m1/s1. The first kappa shape index (κ1) is 30.2. The molecule has 0 radical (unpaired) electrons. The summed E-state index contributed by atoms with van der Waals surface area (Å²) in [6.07, 6.45) is -0.744. The number of oxime groups is 1. The number of hydrogen-bond acceptors (Lipinski definition) is 14. The first-order chi connectivity index (χ1) is 18.7. The lowest BCUT2D eigenvalue weighted by atomic mass is 10.0. The molecule has 1 aromatic heterocycles. The number of nitrogens with zero attached hydrogens (tertiary/aromatic N) is 3. The molecule has 14 nitrogen and oxygen atoms in total. The summed E-state index contributed by atoms with van der Waals surface area (Å²) in [5, 5.41) is 7.67. The molecule has 2 amide bonds. The minimum atomic E-state index is -1.27. The molecule has 3 N–H and O–H groups in total. The maximum atomic E-state index is 13.2. The number of unbranched alkanes of at least 4 members (excludes halogenated alkanes) is 1. The summed E-state index contributed by atoms with van der Waals surface area (Å²) in [7, 11) is 1.45. The van der Waals surface area contributed by atoms with Gasteiger partial charge in [0.15, 0.2) is 10.8 Å². The third-order valence-electron chi connectivity index (χ3n) is 5.36. The molecule has 3 rings (SSSR count). The Bertz CT molecular complexity index is 1140. The largest absolute Gasteiger partial charge is 0.511 e. The number of methoxy groups -OCH3 is 1. The first-order valence-electron chi connectivity index (χ1n) is 12.1. The van der Waals surface area contributed by atoms with E-state index in [0.29, 0.717) is 17.7 Å². The lowest BCUT2D eigenvalue weighted by Gasteiger charge is -2.49. The van der Waals surface area contributed by atoms with E-state index in [2.05, 4.69) is 15.5 Å². The molecule has 3 atom stereocenters. The van der Waals surface area contributed by atoms with Crippen molar-refractivity contribution in [1.82, 2.24) is 15.2 Å². The van der Waals surface area contributed by atoms with Crippen molar-refractivity contribution in [2.75, 3.05) is 38.4 Å². The number of thiazole rings is 1. The van der Waals surface area contributed by atoms with Gasteiger partial charge in [-0.05, 0) is 18.9 Å². The number of fused-ring (bicyclic) bond motifs is 1. The summed E-state index contributed by atoms with van der Waals surface area (Å²) >= 11 is 2.47. The van der Waals surface area contributed by atoms with Gasteiger partial charge in [-0.25, -0.2) is 14.6 Å². The second-order valence-electron chi connectivity index (χ2n) is 8.22. The molecule has 39 heavy (non-hydrogen) atoms. The minimum absolute atomic E-state index is 0.0265. The Hall–Kier alpha value is -3.37. The van der Waals surface area contributed by atoms with Crippen LogP contribution < -0.4 is 11.1 Å². The average molecular weight is 586 g/mol. The van der Waals surface area contributed by atoms with E-state index in [1.807, 2.05) is 6.92 Å². The third kappa shape index (κ3) is 7.39. The molecule has 1 saturated heterocycles. The lowest BCUT2D eigenvalue weighted by molar-refractivity contribution is -0.169. The van der Waals surface area contributed by atoms with Gasteiger partial charge in [0.25, 0.3) is 11.8 Å². The lowest BCUT2D eigenvalue weighted by Crippen LogP contribution is -2.71. The number of rotatable bonds is 13. The number of ether oxygens (including phenoxy) is 4. The SMILES string of the molecule is CCCCOC(=O)OC(C)OC(=O)C1=C(COC)CS[C@@H]2C(NC(=O)C(=NOCC)c3csc(N)n3)C(=O)N12. The van der Waals surface area contributed by atoms with Crippen molar-refractivity contribution >= 4 is 57.9 Å². The molecular formula is C23H31N5O9S2. The van der Waals surface area contributed by atoms with E-state index in [0.717, 1.165) is 17.8 Å². The summed E-state index contributed by atoms with van der Waals surface area (Å²) in [4.78, 5) is 61.5. The normalized spacial score (nSPS) is 19.5. The summed E-state index contributed by atoms with van der Waals surface area (Å²) < 4.78 is 20.4.